The molecule has 2 aliphatic heterocycles. The predicted molar refractivity (Wildman–Crippen MR) is 84.0 cm³/mol. The van der Waals surface area contributed by atoms with E-state index >= 15 is 0 Å². The molecule has 1 aromatic carbocycles. The summed E-state index contributed by atoms with van der Waals surface area (Å²) in [7, 11) is 0.111. The molecule has 0 spiro atoms. The van der Waals surface area contributed by atoms with E-state index in [0.717, 1.165) is 5.69 Å². The molecule has 2 fully saturated rings. The summed E-state index contributed by atoms with van der Waals surface area (Å²) >= 11 is 5.34. The number of anilines is 1. The van der Waals surface area contributed by atoms with E-state index in [0.29, 0.717) is 16.6 Å². The Morgan fingerprint density at radius 2 is 1.95 bits per heavy atom. The maximum atomic E-state index is 11.8. The van der Waals surface area contributed by atoms with Crippen molar-refractivity contribution >= 4 is 32.9 Å². The van der Waals surface area contributed by atoms with Crippen LogP contribution < -0.4 is 19.7 Å². The van der Waals surface area contributed by atoms with E-state index in [9.17, 15) is 8.42 Å². The first-order chi connectivity index (χ1) is 9.95. The number of rotatable bonds is 3. The molecular weight excluding hydrogens is 312 g/mol. The number of hydrogen-bond acceptors (Lipinski definition) is 5. The molecule has 1 N–H and O–H groups in total. The topological polar surface area (TPSA) is 67.9 Å². The molecule has 0 amide bonds. The summed E-state index contributed by atoms with van der Waals surface area (Å²) < 4.78 is 34.1. The second-order valence-corrected chi connectivity index (χ2v) is 7.65. The van der Waals surface area contributed by atoms with Crippen molar-refractivity contribution in [3.63, 3.8) is 0 Å². The monoisotopic (exact) mass is 328 g/mol. The Morgan fingerprint density at radius 1 is 1.24 bits per heavy atom. The van der Waals surface area contributed by atoms with Gasteiger partial charge >= 0.3 is 0 Å². The summed E-state index contributed by atoms with van der Waals surface area (Å²) in [6.07, 6.45) is 0. The maximum absolute atomic E-state index is 11.8. The van der Waals surface area contributed by atoms with Gasteiger partial charge in [0.1, 0.15) is 0 Å². The van der Waals surface area contributed by atoms with Gasteiger partial charge in [0.25, 0.3) is 0 Å². The molecule has 0 aliphatic carbocycles. The zero-order valence-electron chi connectivity index (χ0n) is 11.7. The van der Waals surface area contributed by atoms with Crippen molar-refractivity contribution in [3.8, 4) is 11.5 Å². The van der Waals surface area contributed by atoms with Gasteiger partial charge in [-0.2, -0.15) is 0 Å². The number of nitrogens with zero attached hydrogens (tertiary/aromatic N) is 1. The van der Waals surface area contributed by atoms with Crippen LogP contribution in [0.3, 0.4) is 0 Å². The van der Waals surface area contributed by atoms with Crippen LogP contribution in [0.2, 0.25) is 0 Å². The summed E-state index contributed by atoms with van der Waals surface area (Å²) in [6, 6.07) is 5.13. The van der Waals surface area contributed by atoms with Gasteiger partial charge in [-0.25, -0.2) is 8.42 Å². The Hall–Kier alpha value is -1.54. The average molecular weight is 328 g/mol. The van der Waals surface area contributed by atoms with E-state index in [1.54, 1.807) is 26.4 Å². The third kappa shape index (κ3) is 2.42. The highest BCUT2D eigenvalue weighted by atomic mass is 32.2. The van der Waals surface area contributed by atoms with E-state index < -0.39 is 9.84 Å². The molecule has 0 radical (unpaired) electrons. The van der Waals surface area contributed by atoms with Gasteiger partial charge in [0.15, 0.2) is 26.4 Å². The molecule has 2 heterocycles. The third-order valence-electron chi connectivity index (χ3n) is 3.83. The fraction of sp³-hybridized carbons (Fsp3) is 0.462. The standard InChI is InChI=1S/C13H16N2O4S2/c1-18-11-4-3-8(5-12(11)19-2)15-10-7-21(16,17)6-9(10)14-13(15)20/h3-5,9-10H,6-7H2,1-2H3,(H,14,20)/t9-,10-/m0/s1. The van der Waals surface area contributed by atoms with E-state index in [1.807, 2.05) is 11.0 Å². The lowest BCUT2D eigenvalue weighted by molar-refractivity contribution is 0.355. The van der Waals surface area contributed by atoms with Crippen molar-refractivity contribution < 1.29 is 17.9 Å². The SMILES string of the molecule is COc1ccc(N2C(=S)N[C@H]3CS(=O)(=O)C[C@@H]32)cc1OC. The number of thiocarbonyl (C=S) groups is 1. The quantitative estimate of drug-likeness (QED) is 0.813. The summed E-state index contributed by atoms with van der Waals surface area (Å²) in [6.45, 7) is 0. The van der Waals surface area contributed by atoms with Gasteiger partial charge in [-0.05, 0) is 24.4 Å². The molecule has 114 valence electrons. The molecule has 2 atom stereocenters. The van der Waals surface area contributed by atoms with Gasteiger partial charge in [0.2, 0.25) is 0 Å². The molecular formula is C13H16N2O4S2. The first-order valence-corrected chi connectivity index (χ1v) is 8.70. The molecule has 6 nitrogen and oxygen atoms in total. The van der Waals surface area contributed by atoms with E-state index in [1.165, 1.54) is 0 Å². The number of sulfone groups is 1. The van der Waals surface area contributed by atoms with Gasteiger partial charge in [-0.1, -0.05) is 0 Å². The minimum atomic E-state index is -3.02. The maximum Gasteiger partial charge on any atom is 0.174 e. The summed E-state index contributed by atoms with van der Waals surface area (Å²) in [5.74, 6) is 1.44. The lowest BCUT2D eigenvalue weighted by Gasteiger charge is -2.24. The van der Waals surface area contributed by atoms with Crippen LogP contribution in [0.1, 0.15) is 0 Å². The van der Waals surface area contributed by atoms with Crippen molar-refractivity contribution in [1.29, 1.82) is 0 Å². The Morgan fingerprint density at radius 3 is 2.62 bits per heavy atom. The summed E-state index contributed by atoms with van der Waals surface area (Å²) in [4.78, 5) is 1.85. The van der Waals surface area contributed by atoms with Gasteiger partial charge in [-0.15, -0.1) is 0 Å². The molecule has 0 bridgehead atoms. The van der Waals surface area contributed by atoms with Crippen molar-refractivity contribution in [3.05, 3.63) is 18.2 Å². The highest BCUT2D eigenvalue weighted by Crippen LogP contribution is 2.35. The molecule has 2 aliphatic rings. The largest absolute Gasteiger partial charge is 0.493 e. The van der Waals surface area contributed by atoms with Crippen LogP contribution in [0.5, 0.6) is 11.5 Å². The molecule has 2 saturated heterocycles. The number of fused-ring (bicyclic) bond motifs is 1. The van der Waals surface area contributed by atoms with Crippen molar-refractivity contribution in [2.75, 3.05) is 30.6 Å². The summed E-state index contributed by atoms with van der Waals surface area (Å²) in [5.41, 5.74) is 0.801. The second kappa shape index (κ2) is 5.03. The lowest BCUT2D eigenvalue weighted by Crippen LogP contribution is -2.36. The van der Waals surface area contributed by atoms with Crippen molar-refractivity contribution in [1.82, 2.24) is 5.32 Å². The van der Waals surface area contributed by atoms with Crippen LogP contribution in [0.25, 0.3) is 0 Å². The number of ether oxygens (including phenoxy) is 2. The highest BCUT2D eigenvalue weighted by Gasteiger charge is 2.47. The minimum Gasteiger partial charge on any atom is -0.493 e. The van der Waals surface area contributed by atoms with Crippen LogP contribution in [0.4, 0.5) is 5.69 Å². The van der Waals surface area contributed by atoms with Crippen LogP contribution in [0.15, 0.2) is 18.2 Å². The van der Waals surface area contributed by atoms with Crippen LogP contribution in [-0.2, 0) is 9.84 Å². The molecule has 0 unspecified atom stereocenters. The van der Waals surface area contributed by atoms with Gasteiger partial charge in [0, 0.05) is 11.8 Å². The zero-order valence-corrected chi connectivity index (χ0v) is 13.3. The number of nitrogens with one attached hydrogen (secondary N) is 1. The third-order valence-corrected chi connectivity index (χ3v) is 5.86. The predicted octanol–water partition coefficient (Wildman–Crippen LogP) is 0.564. The first-order valence-electron chi connectivity index (χ1n) is 6.47. The first kappa shape index (κ1) is 14.4. The Kier molecular flexibility index (Phi) is 3.45. The van der Waals surface area contributed by atoms with E-state index in [-0.39, 0.29) is 23.6 Å². The van der Waals surface area contributed by atoms with Crippen LogP contribution >= 0.6 is 12.2 Å². The molecule has 0 aromatic heterocycles. The molecule has 21 heavy (non-hydrogen) atoms. The Bertz CT molecular complexity index is 689. The molecule has 8 heteroatoms. The van der Waals surface area contributed by atoms with Crippen LogP contribution in [-0.4, -0.2) is 51.3 Å². The molecule has 3 rings (SSSR count). The van der Waals surface area contributed by atoms with E-state index in [4.69, 9.17) is 21.7 Å². The number of benzene rings is 1. The normalized spacial score (nSPS) is 26.4. The Labute approximate surface area is 128 Å². The number of methoxy groups -OCH3 is 2. The second-order valence-electron chi connectivity index (χ2n) is 5.11. The van der Waals surface area contributed by atoms with E-state index in [2.05, 4.69) is 5.32 Å². The molecule has 0 saturated carbocycles. The smallest absolute Gasteiger partial charge is 0.174 e. The van der Waals surface area contributed by atoms with Crippen molar-refractivity contribution in [2.24, 2.45) is 0 Å². The number of hydrogen-bond donors (Lipinski definition) is 1. The highest BCUT2D eigenvalue weighted by molar-refractivity contribution is 7.91. The van der Waals surface area contributed by atoms with Gasteiger partial charge in [-0.3, -0.25) is 0 Å². The average Bonchev–Trinajstić information content (AvgIpc) is 2.88. The van der Waals surface area contributed by atoms with Gasteiger partial charge in [0.05, 0.1) is 37.8 Å². The fourth-order valence-electron chi connectivity index (χ4n) is 2.88. The Balaban J connectivity index is 1.98. The fourth-order valence-corrected chi connectivity index (χ4v) is 5.17. The summed E-state index contributed by atoms with van der Waals surface area (Å²) in [5, 5.41) is 3.64. The minimum absolute atomic E-state index is 0.110. The van der Waals surface area contributed by atoms with Crippen molar-refractivity contribution in [2.45, 2.75) is 12.1 Å². The van der Waals surface area contributed by atoms with Crippen LogP contribution in [0, 0.1) is 0 Å². The van der Waals surface area contributed by atoms with Gasteiger partial charge < -0.3 is 19.7 Å². The zero-order chi connectivity index (χ0) is 15.2. The molecule has 1 aromatic rings. The lowest BCUT2D eigenvalue weighted by atomic mass is 10.1.